The molecule has 4 rings (SSSR count). The van der Waals surface area contributed by atoms with Gasteiger partial charge in [-0.25, -0.2) is 0 Å². The van der Waals surface area contributed by atoms with Gasteiger partial charge in [-0.3, -0.25) is 9.59 Å². The van der Waals surface area contributed by atoms with Gasteiger partial charge in [0, 0.05) is 17.2 Å². The molecule has 1 fully saturated rings. The van der Waals surface area contributed by atoms with E-state index >= 15 is 0 Å². The average molecular weight is 499 g/mol. The van der Waals surface area contributed by atoms with Gasteiger partial charge >= 0.3 is 0 Å². The molecule has 2 aromatic carbocycles. The van der Waals surface area contributed by atoms with Crippen LogP contribution in [0.3, 0.4) is 0 Å². The van der Waals surface area contributed by atoms with Crippen molar-refractivity contribution in [2.24, 2.45) is 5.92 Å². The van der Waals surface area contributed by atoms with Gasteiger partial charge in [0.2, 0.25) is 0 Å². The number of nitrogens with one attached hydrogen (secondary N) is 1. The Kier molecular flexibility index (Phi) is 9.86. The highest BCUT2D eigenvalue weighted by Crippen LogP contribution is 2.41. The lowest BCUT2D eigenvalue weighted by atomic mass is 9.79. The largest absolute Gasteiger partial charge is 0.397 e. The average Bonchev–Trinajstić information content (AvgIpc) is 2.92. The van der Waals surface area contributed by atoms with Gasteiger partial charge in [-0.15, -0.1) is 0 Å². The SMILES string of the molecule is CCCCC.CCCCC1CCC(Nc2c(C#N)c(C#N)c(N)c3c2C(=O)c2ccccc2C3=O)CC1. The fraction of sp³-hybridized carbons (Fsp3) is 0.484. The van der Waals surface area contributed by atoms with Gasteiger partial charge in [0.1, 0.15) is 12.1 Å². The minimum atomic E-state index is -0.389. The lowest BCUT2D eigenvalue weighted by molar-refractivity contribution is 0.0980. The first-order valence-corrected chi connectivity index (χ1v) is 13.7. The fourth-order valence-corrected chi connectivity index (χ4v) is 5.40. The Morgan fingerprint density at radius 3 is 1.86 bits per heavy atom. The second-order valence-electron chi connectivity index (χ2n) is 10.1. The molecule has 0 aliphatic heterocycles. The van der Waals surface area contributed by atoms with Crippen LogP contribution in [0.1, 0.15) is 128 Å². The summed E-state index contributed by atoms with van der Waals surface area (Å²) in [6.07, 6.45) is 11.7. The number of carbonyl (C=O) groups excluding carboxylic acids is 2. The molecule has 2 aliphatic carbocycles. The van der Waals surface area contributed by atoms with Crippen LogP contribution in [0.4, 0.5) is 11.4 Å². The molecule has 0 aromatic heterocycles. The van der Waals surface area contributed by atoms with Gasteiger partial charge in [-0.1, -0.05) is 83.6 Å². The Morgan fingerprint density at radius 2 is 1.38 bits per heavy atom. The number of nitrogen functional groups attached to an aromatic ring is 1. The number of nitriles is 2. The zero-order valence-corrected chi connectivity index (χ0v) is 22.3. The number of hydrogen-bond acceptors (Lipinski definition) is 6. The minimum absolute atomic E-state index is 0.0309. The zero-order valence-electron chi connectivity index (χ0n) is 22.3. The van der Waals surface area contributed by atoms with Crippen molar-refractivity contribution in [1.82, 2.24) is 0 Å². The standard InChI is InChI=1S/C26H26N4O2.C5H12/c1-2-3-6-15-9-11-16(12-10-15)30-24-20(14-28)19(13-27)23(29)21-22(24)26(32)18-8-5-4-7-17(18)25(21)31;1-3-5-4-2/h4-5,7-8,15-16,30H,2-3,6,9-12,29H2,1H3;3-5H2,1-2H3. The van der Waals surface area contributed by atoms with Crippen molar-refractivity contribution >= 4 is 22.9 Å². The summed E-state index contributed by atoms with van der Waals surface area (Å²) >= 11 is 0. The number of anilines is 2. The maximum atomic E-state index is 13.5. The third kappa shape index (κ3) is 5.86. The maximum Gasteiger partial charge on any atom is 0.196 e. The molecular weight excluding hydrogens is 460 g/mol. The highest BCUT2D eigenvalue weighted by atomic mass is 16.1. The number of ketones is 2. The van der Waals surface area contributed by atoms with Gasteiger partial charge in [-0.05, 0) is 31.6 Å². The molecule has 0 heterocycles. The summed E-state index contributed by atoms with van der Waals surface area (Å²) in [4.78, 5) is 26.7. The molecular formula is C31H38N4O2. The van der Waals surface area contributed by atoms with E-state index in [1.807, 2.05) is 6.07 Å². The molecule has 0 saturated heterocycles. The second-order valence-corrected chi connectivity index (χ2v) is 10.1. The summed E-state index contributed by atoms with van der Waals surface area (Å²) in [6, 6.07) is 10.7. The molecule has 0 spiro atoms. The molecule has 6 heteroatoms. The molecule has 0 atom stereocenters. The Bertz CT molecular complexity index is 1230. The first-order chi connectivity index (χ1) is 17.9. The fourth-order valence-electron chi connectivity index (χ4n) is 5.40. The number of benzene rings is 2. The predicted octanol–water partition coefficient (Wildman–Crippen LogP) is 7.14. The van der Waals surface area contributed by atoms with Crippen molar-refractivity contribution in [3.05, 3.63) is 57.6 Å². The first-order valence-electron chi connectivity index (χ1n) is 13.7. The molecule has 0 radical (unpaired) electrons. The number of fused-ring (bicyclic) bond motifs is 2. The molecule has 3 N–H and O–H groups in total. The Morgan fingerprint density at radius 1 is 0.838 bits per heavy atom. The van der Waals surface area contributed by atoms with Crippen LogP contribution in [-0.2, 0) is 0 Å². The number of nitrogens with two attached hydrogens (primary N) is 1. The summed E-state index contributed by atoms with van der Waals surface area (Å²) in [5, 5.41) is 23.0. The Hall–Kier alpha value is -3.64. The van der Waals surface area contributed by atoms with Crippen LogP contribution < -0.4 is 11.1 Å². The highest BCUT2D eigenvalue weighted by Gasteiger charge is 2.37. The quantitative estimate of drug-likeness (QED) is 0.334. The number of unbranched alkanes of at least 4 members (excludes halogenated alkanes) is 3. The van der Waals surface area contributed by atoms with E-state index < -0.39 is 0 Å². The first kappa shape index (κ1) is 27.9. The molecule has 37 heavy (non-hydrogen) atoms. The van der Waals surface area contributed by atoms with Crippen LogP contribution in [0.25, 0.3) is 0 Å². The van der Waals surface area contributed by atoms with E-state index in [9.17, 15) is 20.1 Å². The van der Waals surface area contributed by atoms with Gasteiger partial charge in [0.05, 0.1) is 33.6 Å². The van der Waals surface area contributed by atoms with Crippen LogP contribution in [-0.4, -0.2) is 17.6 Å². The van der Waals surface area contributed by atoms with Crippen LogP contribution in [0.15, 0.2) is 24.3 Å². The lowest BCUT2D eigenvalue weighted by Crippen LogP contribution is -2.30. The molecule has 0 unspecified atom stereocenters. The van der Waals surface area contributed by atoms with E-state index in [0.29, 0.717) is 11.5 Å². The second kappa shape index (κ2) is 13.1. The van der Waals surface area contributed by atoms with Crippen molar-refractivity contribution in [2.45, 2.75) is 91.0 Å². The molecule has 0 amide bonds. The summed E-state index contributed by atoms with van der Waals surface area (Å²) in [5.74, 6) is -0.0319. The van der Waals surface area contributed by atoms with Crippen LogP contribution >= 0.6 is 0 Å². The number of rotatable bonds is 7. The lowest BCUT2D eigenvalue weighted by Gasteiger charge is -2.32. The summed E-state index contributed by atoms with van der Waals surface area (Å²) in [5.41, 5.74) is 7.08. The van der Waals surface area contributed by atoms with Crippen LogP contribution in [0, 0.1) is 28.6 Å². The Balaban J connectivity index is 0.000000695. The maximum absolute atomic E-state index is 13.5. The summed E-state index contributed by atoms with van der Waals surface area (Å²) in [7, 11) is 0. The predicted molar refractivity (Wildman–Crippen MR) is 148 cm³/mol. The van der Waals surface area contributed by atoms with E-state index in [1.54, 1.807) is 24.3 Å². The van der Waals surface area contributed by atoms with Gasteiger partial charge in [0.25, 0.3) is 0 Å². The number of hydrogen-bond donors (Lipinski definition) is 2. The summed E-state index contributed by atoms with van der Waals surface area (Å²) in [6.45, 7) is 6.62. The van der Waals surface area contributed by atoms with E-state index in [4.69, 9.17) is 5.73 Å². The molecule has 2 aliphatic rings. The van der Waals surface area contributed by atoms with E-state index in [2.05, 4.69) is 32.2 Å². The molecule has 6 nitrogen and oxygen atoms in total. The molecule has 0 bridgehead atoms. The topological polar surface area (TPSA) is 120 Å². The van der Waals surface area contributed by atoms with Crippen LogP contribution in [0.5, 0.6) is 0 Å². The number of nitrogens with zero attached hydrogens (tertiary/aromatic N) is 2. The van der Waals surface area contributed by atoms with Crippen molar-refractivity contribution in [3.63, 3.8) is 0 Å². The highest BCUT2D eigenvalue weighted by molar-refractivity contribution is 6.32. The van der Waals surface area contributed by atoms with Crippen molar-refractivity contribution < 1.29 is 9.59 Å². The van der Waals surface area contributed by atoms with Gasteiger partial charge < -0.3 is 11.1 Å². The molecule has 2 aromatic rings. The zero-order chi connectivity index (χ0) is 26.9. The number of carbonyl (C=O) groups is 2. The molecule has 194 valence electrons. The van der Waals surface area contributed by atoms with E-state index in [1.165, 1.54) is 38.5 Å². The normalized spacial score (nSPS) is 18.0. The van der Waals surface area contributed by atoms with E-state index in [-0.39, 0.29) is 56.8 Å². The third-order valence-electron chi connectivity index (χ3n) is 7.50. The van der Waals surface area contributed by atoms with Crippen molar-refractivity contribution in [1.29, 1.82) is 10.5 Å². The monoisotopic (exact) mass is 498 g/mol. The van der Waals surface area contributed by atoms with Crippen molar-refractivity contribution in [3.8, 4) is 12.1 Å². The summed E-state index contributed by atoms with van der Waals surface area (Å²) < 4.78 is 0. The third-order valence-corrected chi connectivity index (χ3v) is 7.50. The minimum Gasteiger partial charge on any atom is -0.397 e. The molecule has 1 saturated carbocycles. The van der Waals surface area contributed by atoms with Crippen molar-refractivity contribution in [2.75, 3.05) is 11.1 Å². The smallest absolute Gasteiger partial charge is 0.196 e. The van der Waals surface area contributed by atoms with Crippen LogP contribution in [0.2, 0.25) is 0 Å². The van der Waals surface area contributed by atoms with Gasteiger partial charge in [0.15, 0.2) is 11.6 Å². The van der Waals surface area contributed by atoms with Gasteiger partial charge in [-0.2, -0.15) is 10.5 Å². The van der Waals surface area contributed by atoms with E-state index in [0.717, 1.165) is 25.7 Å². The Labute approximate surface area is 220 Å².